The van der Waals surface area contributed by atoms with Gasteiger partial charge in [-0.25, -0.2) is 0 Å². The molecule has 0 aliphatic heterocycles. The zero-order chi connectivity index (χ0) is 12.7. The molecule has 0 radical (unpaired) electrons. The largest absolute Gasteiger partial charge is 0.396 e. The van der Waals surface area contributed by atoms with Gasteiger partial charge in [-0.05, 0) is 31.0 Å². The van der Waals surface area contributed by atoms with Crippen molar-refractivity contribution in [2.45, 2.75) is 26.3 Å². The van der Waals surface area contributed by atoms with E-state index in [9.17, 15) is 0 Å². The van der Waals surface area contributed by atoms with Gasteiger partial charge in [-0.2, -0.15) is 0 Å². The molecule has 1 atom stereocenters. The molecule has 0 saturated heterocycles. The Balaban J connectivity index is 2.45. The van der Waals surface area contributed by atoms with E-state index in [1.807, 2.05) is 18.2 Å². The Kier molecular flexibility index (Phi) is 6.90. The van der Waals surface area contributed by atoms with Crippen LogP contribution in [-0.4, -0.2) is 18.3 Å². The molecule has 0 heterocycles. The van der Waals surface area contributed by atoms with Crippen molar-refractivity contribution in [1.82, 2.24) is 5.32 Å². The summed E-state index contributed by atoms with van der Waals surface area (Å²) in [6.07, 6.45) is 1.89. The Morgan fingerprint density at radius 1 is 1.29 bits per heavy atom. The number of halogens is 2. The van der Waals surface area contributed by atoms with E-state index in [0.717, 1.165) is 24.9 Å². The van der Waals surface area contributed by atoms with Crippen LogP contribution in [0, 0.1) is 5.92 Å². The highest BCUT2D eigenvalue weighted by Gasteiger charge is 2.08. The fraction of sp³-hybridized carbons (Fsp3) is 0.538. The van der Waals surface area contributed by atoms with Crippen molar-refractivity contribution < 1.29 is 5.11 Å². The number of aliphatic hydroxyl groups is 1. The Morgan fingerprint density at radius 2 is 1.94 bits per heavy atom. The highest BCUT2D eigenvalue weighted by atomic mass is 35.5. The molecule has 1 rings (SSSR count). The first kappa shape index (κ1) is 14.8. The van der Waals surface area contributed by atoms with Gasteiger partial charge in [-0.1, -0.05) is 42.6 Å². The van der Waals surface area contributed by atoms with Gasteiger partial charge >= 0.3 is 0 Å². The zero-order valence-corrected chi connectivity index (χ0v) is 11.6. The normalized spacial score (nSPS) is 12.7. The van der Waals surface area contributed by atoms with Gasteiger partial charge in [0.15, 0.2) is 0 Å². The molecule has 1 unspecified atom stereocenters. The predicted molar refractivity (Wildman–Crippen MR) is 73.7 cm³/mol. The molecule has 96 valence electrons. The summed E-state index contributed by atoms with van der Waals surface area (Å²) in [7, 11) is 0. The average molecular weight is 276 g/mol. The summed E-state index contributed by atoms with van der Waals surface area (Å²) in [5.41, 5.74) is 0.940. The minimum atomic E-state index is 0.243. The number of hydrogen-bond donors (Lipinski definition) is 2. The molecular weight excluding hydrogens is 257 g/mol. The molecule has 4 heteroatoms. The smallest absolute Gasteiger partial charge is 0.0465 e. The highest BCUT2D eigenvalue weighted by molar-refractivity contribution is 6.35. The van der Waals surface area contributed by atoms with Gasteiger partial charge in [0.2, 0.25) is 0 Å². The third-order valence-electron chi connectivity index (χ3n) is 2.91. The predicted octanol–water partition coefficient (Wildman–Crippen LogP) is 3.49. The van der Waals surface area contributed by atoms with E-state index < -0.39 is 0 Å². The molecule has 1 aromatic rings. The summed E-state index contributed by atoms with van der Waals surface area (Å²) >= 11 is 12.2. The first-order valence-corrected chi connectivity index (χ1v) is 6.69. The van der Waals surface area contributed by atoms with Crippen LogP contribution in [0.1, 0.15) is 25.3 Å². The van der Waals surface area contributed by atoms with Gasteiger partial charge in [-0.15, -0.1) is 0 Å². The molecule has 0 aromatic heterocycles. The van der Waals surface area contributed by atoms with Crippen LogP contribution in [-0.2, 0) is 6.54 Å². The molecule has 17 heavy (non-hydrogen) atoms. The van der Waals surface area contributed by atoms with E-state index in [1.165, 1.54) is 0 Å². The lowest BCUT2D eigenvalue weighted by molar-refractivity contribution is 0.251. The molecule has 1 aromatic carbocycles. The van der Waals surface area contributed by atoms with E-state index in [-0.39, 0.29) is 6.61 Å². The SMILES string of the molecule is CCC(CCO)CNCc1c(Cl)cccc1Cl. The molecule has 2 nitrogen and oxygen atoms in total. The number of benzene rings is 1. The molecule has 0 spiro atoms. The van der Waals surface area contributed by atoms with Crippen molar-refractivity contribution in [3.05, 3.63) is 33.8 Å². The first-order valence-electron chi connectivity index (χ1n) is 5.93. The average Bonchev–Trinajstić information content (AvgIpc) is 2.31. The Labute approximate surface area is 113 Å². The third-order valence-corrected chi connectivity index (χ3v) is 3.62. The fourth-order valence-electron chi connectivity index (χ4n) is 1.74. The van der Waals surface area contributed by atoms with E-state index in [1.54, 1.807) is 0 Å². The minimum Gasteiger partial charge on any atom is -0.396 e. The van der Waals surface area contributed by atoms with Gasteiger partial charge in [0.1, 0.15) is 0 Å². The van der Waals surface area contributed by atoms with Crippen LogP contribution in [0.2, 0.25) is 10.0 Å². The monoisotopic (exact) mass is 275 g/mol. The second-order valence-electron chi connectivity index (χ2n) is 4.12. The lowest BCUT2D eigenvalue weighted by Crippen LogP contribution is -2.23. The van der Waals surface area contributed by atoms with Crippen molar-refractivity contribution in [3.8, 4) is 0 Å². The van der Waals surface area contributed by atoms with Crippen molar-refractivity contribution in [3.63, 3.8) is 0 Å². The summed E-state index contributed by atoms with van der Waals surface area (Å²) in [6, 6.07) is 5.53. The first-order chi connectivity index (χ1) is 8.19. The quantitative estimate of drug-likeness (QED) is 0.799. The number of rotatable bonds is 7. The van der Waals surface area contributed by atoms with Gasteiger partial charge < -0.3 is 10.4 Å². The van der Waals surface area contributed by atoms with Crippen molar-refractivity contribution in [2.75, 3.05) is 13.2 Å². The zero-order valence-electron chi connectivity index (χ0n) is 10.0. The van der Waals surface area contributed by atoms with E-state index in [4.69, 9.17) is 28.3 Å². The van der Waals surface area contributed by atoms with Crippen LogP contribution in [0.4, 0.5) is 0 Å². The van der Waals surface area contributed by atoms with Crippen LogP contribution >= 0.6 is 23.2 Å². The summed E-state index contributed by atoms with van der Waals surface area (Å²) in [6.45, 7) is 3.91. The Morgan fingerprint density at radius 3 is 2.47 bits per heavy atom. The maximum Gasteiger partial charge on any atom is 0.0465 e. The van der Waals surface area contributed by atoms with Gasteiger partial charge in [0.25, 0.3) is 0 Å². The number of hydrogen-bond acceptors (Lipinski definition) is 2. The molecule has 0 amide bonds. The van der Waals surface area contributed by atoms with Crippen LogP contribution in [0.25, 0.3) is 0 Å². The summed E-state index contributed by atoms with van der Waals surface area (Å²) in [5.74, 6) is 0.501. The van der Waals surface area contributed by atoms with Gasteiger partial charge in [0, 0.05) is 28.8 Å². The lowest BCUT2D eigenvalue weighted by atomic mass is 10.0. The highest BCUT2D eigenvalue weighted by Crippen LogP contribution is 2.23. The molecule has 0 saturated carbocycles. The Bertz CT molecular complexity index is 324. The maximum absolute atomic E-state index is 8.90. The standard InChI is InChI=1S/C13H19Cl2NO/c1-2-10(6-7-17)8-16-9-11-12(14)4-3-5-13(11)15/h3-5,10,16-17H,2,6-9H2,1H3. The number of aliphatic hydroxyl groups excluding tert-OH is 1. The van der Waals surface area contributed by atoms with E-state index in [2.05, 4.69) is 12.2 Å². The maximum atomic E-state index is 8.90. The molecule has 0 fully saturated rings. The van der Waals surface area contributed by atoms with Gasteiger partial charge in [0.05, 0.1) is 0 Å². The summed E-state index contributed by atoms with van der Waals surface area (Å²) < 4.78 is 0. The van der Waals surface area contributed by atoms with Crippen LogP contribution < -0.4 is 5.32 Å². The second kappa shape index (κ2) is 7.93. The topological polar surface area (TPSA) is 32.3 Å². The van der Waals surface area contributed by atoms with Crippen LogP contribution in [0.15, 0.2) is 18.2 Å². The van der Waals surface area contributed by atoms with Crippen molar-refractivity contribution in [2.24, 2.45) is 5.92 Å². The third kappa shape index (κ3) is 4.84. The lowest BCUT2D eigenvalue weighted by Gasteiger charge is -2.15. The van der Waals surface area contributed by atoms with E-state index in [0.29, 0.717) is 22.5 Å². The van der Waals surface area contributed by atoms with Gasteiger partial charge in [-0.3, -0.25) is 0 Å². The molecular formula is C13H19Cl2NO. The van der Waals surface area contributed by atoms with Crippen molar-refractivity contribution in [1.29, 1.82) is 0 Å². The fourth-order valence-corrected chi connectivity index (χ4v) is 2.27. The summed E-state index contributed by atoms with van der Waals surface area (Å²) in [5, 5.41) is 13.6. The minimum absolute atomic E-state index is 0.243. The second-order valence-corrected chi connectivity index (χ2v) is 4.93. The Hall–Kier alpha value is -0.280. The van der Waals surface area contributed by atoms with Crippen LogP contribution in [0.5, 0.6) is 0 Å². The summed E-state index contributed by atoms with van der Waals surface area (Å²) in [4.78, 5) is 0. The van der Waals surface area contributed by atoms with E-state index >= 15 is 0 Å². The molecule has 0 aliphatic rings. The molecule has 0 bridgehead atoms. The van der Waals surface area contributed by atoms with Crippen molar-refractivity contribution >= 4 is 23.2 Å². The molecule has 2 N–H and O–H groups in total. The molecule has 0 aliphatic carbocycles. The number of nitrogens with one attached hydrogen (secondary N) is 1. The van der Waals surface area contributed by atoms with Crippen LogP contribution in [0.3, 0.4) is 0 Å².